The van der Waals surface area contributed by atoms with Crippen LogP contribution in [-0.2, 0) is 14.8 Å². The summed E-state index contributed by atoms with van der Waals surface area (Å²) in [5.41, 5.74) is 5.63. The first-order chi connectivity index (χ1) is 6.92. The third-order valence-electron chi connectivity index (χ3n) is 1.36. The Balaban J connectivity index is 3.16. The van der Waals surface area contributed by atoms with Crippen molar-refractivity contribution in [3.63, 3.8) is 0 Å². The molecule has 4 N–H and O–H groups in total. The van der Waals surface area contributed by atoms with Crippen molar-refractivity contribution < 1.29 is 13.2 Å². The summed E-state index contributed by atoms with van der Waals surface area (Å²) in [5.74, 6) is -0.0736. The molecular weight excluding hydrogens is 220 g/mol. The van der Waals surface area contributed by atoms with Crippen molar-refractivity contribution in [2.45, 2.75) is 6.92 Å². The molecule has 7 nitrogen and oxygen atoms in total. The third-order valence-corrected chi connectivity index (χ3v) is 2.09. The van der Waals surface area contributed by atoms with Gasteiger partial charge in [-0.25, -0.2) is 13.1 Å². The highest BCUT2D eigenvalue weighted by Gasteiger charge is 1.97. The Hall–Kier alpha value is -0.700. The van der Waals surface area contributed by atoms with Crippen LogP contribution < -0.4 is 20.9 Å². The summed E-state index contributed by atoms with van der Waals surface area (Å²) in [6, 6.07) is 0. The van der Waals surface area contributed by atoms with Crippen molar-refractivity contribution >= 4 is 15.9 Å². The smallest absolute Gasteiger partial charge is 0.216 e. The van der Waals surface area contributed by atoms with Gasteiger partial charge in [-0.15, -0.1) is 0 Å². The maximum Gasteiger partial charge on any atom is 0.216 e. The number of hydrogen-bond acceptors (Lipinski definition) is 5. The van der Waals surface area contributed by atoms with Crippen LogP contribution in [0, 0.1) is 0 Å². The molecule has 0 unspecified atom stereocenters. The molecule has 0 aromatic heterocycles. The van der Waals surface area contributed by atoms with Crippen molar-refractivity contribution in [1.29, 1.82) is 0 Å². The van der Waals surface area contributed by atoms with Crippen LogP contribution in [-0.4, -0.2) is 46.8 Å². The molecule has 0 saturated carbocycles. The van der Waals surface area contributed by atoms with Crippen molar-refractivity contribution in [2.75, 3.05) is 32.4 Å². The van der Waals surface area contributed by atoms with Gasteiger partial charge in [0.25, 0.3) is 0 Å². The minimum Gasteiger partial charge on any atom is -0.355 e. The monoisotopic (exact) mass is 238 g/mol. The second-order valence-corrected chi connectivity index (χ2v) is 4.84. The highest BCUT2D eigenvalue weighted by atomic mass is 32.2. The van der Waals surface area contributed by atoms with Gasteiger partial charge >= 0.3 is 0 Å². The van der Waals surface area contributed by atoms with Crippen molar-refractivity contribution in [2.24, 2.45) is 0 Å². The van der Waals surface area contributed by atoms with Gasteiger partial charge in [0, 0.05) is 33.1 Å². The lowest BCUT2D eigenvalue weighted by Crippen LogP contribution is -2.42. The molecule has 8 heteroatoms. The average Bonchev–Trinajstić information content (AvgIpc) is 2.07. The summed E-state index contributed by atoms with van der Waals surface area (Å²) in [4.78, 5) is 10.5. The Morgan fingerprint density at radius 1 is 1.07 bits per heavy atom. The highest BCUT2D eigenvalue weighted by Crippen LogP contribution is 1.69. The molecule has 0 fully saturated rings. The molecule has 0 saturated heterocycles. The Bertz CT molecular complexity index is 278. The van der Waals surface area contributed by atoms with E-state index in [1.165, 1.54) is 6.92 Å². The number of carbonyl (C=O) groups excluding carboxylic acids is 1. The number of carbonyl (C=O) groups is 1. The molecule has 0 aliphatic heterocycles. The lowest BCUT2D eigenvalue weighted by molar-refractivity contribution is -0.118. The minimum atomic E-state index is -3.11. The fraction of sp³-hybridized carbons (Fsp3) is 0.857. The van der Waals surface area contributed by atoms with Crippen LogP contribution in [0.4, 0.5) is 0 Å². The number of sulfonamides is 1. The van der Waals surface area contributed by atoms with Gasteiger partial charge in [0.05, 0.1) is 6.26 Å². The van der Waals surface area contributed by atoms with Gasteiger partial charge in [-0.3, -0.25) is 15.6 Å². The lowest BCUT2D eigenvalue weighted by Gasteiger charge is -2.07. The van der Waals surface area contributed by atoms with Crippen LogP contribution in [0.15, 0.2) is 0 Å². The van der Waals surface area contributed by atoms with Crippen molar-refractivity contribution in [3.8, 4) is 0 Å². The standard InChI is InChI=1S/C7H18N4O3S/c1-7(12)8-3-4-9-10-5-6-11-15(2,13)14/h9-11H,3-6H2,1-2H3,(H,8,12). The summed E-state index contributed by atoms with van der Waals surface area (Å²) in [6.07, 6.45) is 1.11. The van der Waals surface area contributed by atoms with E-state index in [0.29, 0.717) is 26.2 Å². The van der Waals surface area contributed by atoms with Crippen molar-refractivity contribution in [1.82, 2.24) is 20.9 Å². The van der Waals surface area contributed by atoms with Gasteiger partial charge in [0.2, 0.25) is 15.9 Å². The molecule has 0 rings (SSSR count). The first kappa shape index (κ1) is 14.3. The van der Waals surface area contributed by atoms with Crippen LogP contribution in [0.2, 0.25) is 0 Å². The number of rotatable bonds is 8. The summed E-state index contributed by atoms with van der Waals surface area (Å²) >= 11 is 0. The number of hydrazine groups is 1. The van der Waals surface area contributed by atoms with Crippen LogP contribution in [0.1, 0.15) is 6.92 Å². The zero-order valence-electron chi connectivity index (χ0n) is 8.96. The maximum atomic E-state index is 10.6. The molecule has 0 aromatic rings. The molecule has 0 heterocycles. The van der Waals surface area contributed by atoms with E-state index in [0.717, 1.165) is 6.26 Å². The predicted molar refractivity (Wildman–Crippen MR) is 57.5 cm³/mol. The quantitative estimate of drug-likeness (QED) is 0.283. The molecule has 0 aliphatic carbocycles. The molecular formula is C7H18N4O3S. The van der Waals surface area contributed by atoms with E-state index in [4.69, 9.17) is 0 Å². The average molecular weight is 238 g/mol. The molecule has 0 aromatic carbocycles. The summed E-state index contributed by atoms with van der Waals surface area (Å²) < 4.78 is 23.6. The van der Waals surface area contributed by atoms with Crippen molar-refractivity contribution in [3.05, 3.63) is 0 Å². The normalized spacial score (nSPS) is 11.3. The fourth-order valence-corrected chi connectivity index (χ4v) is 1.25. The lowest BCUT2D eigenvalue weighted by atomic mass is 10.6. The molecule has 90 valence electrons. The molecule has 0 aliphatic rings. The van der Waals surface area contributed by atoms with Crippen LogP contribution >= 0.6 is 0 Å². The minimum absolute atomic E-state index is 0.0736. The predicted octanol–water partition coefficient (Wildman–Crippen LogP) is -2.23. The van der Waals surface area contributed by atoms with Gasteiger partial charge < -0.3 is 5.32 Å². The zero-order chi connectivity index (χ0) is 11.7. The number of amides is 1. The van der Waals surface area contributed by atoms with Gasteiger partial charge in [-0.1, -0.05) is 0 Å². The highest BCUT2D eigenvalue weighted by molar-refractivity contribution is 7.88. The molecule has 0 spiro atoms. The number of nitrogens with one attached hydrogen (secondary N) is 4. The van der Waals surface area contributed by atoms with E-state index in [1.807, 2.05) is 0 Å². The molecule has 1 amide bonds. The topological polar surface area (TPSA) is 99.3 Å². The van der Waals surface area contributed by atoms with E-state index >= 15 is 0 Å². The Morgan fingerprint density at radius 2 is 1.60 bits per heavy atom. The maximum absolute atomic E-state index is 10.6. The van der Waals surface area contributed by atoms with E-state index < -0.39 is 10.0 Å². The molecule has 15 heavy (non-hydrogen) atoms. The van der Waals surface area contributed by atoms with Crippen LogP contribution in [0.5, 0.6) is 0 Å². The summed E-state index contributed by atoms with van der Waals surface area (Å²) in [7, 11) is -3.11. The Labute approximate surface area is 90.0 Å². The van der Waals surface area contributed by atoms with Crippen LogP contribution in [0.3, 0.4) is 0 Å². The number of hydrogen-bond donors (Lipinski definition) is 4. The van der Waals surface area contributed by atoms with Crippen LogP contribution in [0.25, 0.3) is 0 Å². The van der Waals surface area contributed by atoms with E-state index in [2.05, 4.69) is 20.9 Å². The van der Waals surface area contributed by atoms with E-state index in [9.17, 15) is 13.2 Å². The molecule has 0 atom stereocenters. The SMILES string of the molecule is CC(=O)NCCNNCCNS(C)(=O)=O. The summed E-state index contributed by atoms with van der Waals surface area (Å²) in [6.45, 7) is 3.36. The van der Waals surface area contributed by atoms with E-state index in [1.54, 1.807) is 0 Å². The van der Waals surface area contributed by atoms with Gasteiger partial charge in [-0.2, -0.15) is 0 Å². The third kappa shape index (κ3) is 13.3. The zero-order valence-corrected chi connectivity index (χ0v) is 9.78. The van der Waals surface area contributed by atoms with E-state index in [-0.39, 0.29) is 5.91 Å². The Morgan fingerprint density at radius 3 is 2.07 bits per heavy atom. The molecule has 0 radical (unpaired) electrons. The first-order valence-electron chi connectivity index (χ1n) is 4.56. The second-order valence-electron chi connectivity index (χ2n) is 3.00. The van der Waals surface area contributed by atoms with Gasteiger partial charge in [-0.05, 0) is 0 Å². The van der Waals surface area contributed by atoms with Gasteiger partial charge in [0.15, 0.2) is 0 Å². The fourth-order valence-electron chi connectivity index (χ4n) is 0.777. The van der Waals surface area contributed by atoms with Gasteiger partial charge in [0.1, 0.15) is 0 Å². The largest absolute Gasteiger partial charge is 0.355 e. The summed E-state index contributed by atoms with van der Waals surface area (Å²) in [5, 5.41) is 2.61. The first-order valence-corrected chi connectivity index (χ1v) is 6.46. The second kappa shape index (κ2) is 7.57. The molecule has 0 bridgehead atoms. The Kier molecular flexibility index (Phi) is 7.22.